The van der Waals surface area contributed by atoms with Crippen molar-refractivity contribution in [1.82, 2.24) is 9.97 Å². The summed E-state index contributed by atoms with van der Waals surface area (Å²) in [6.45, 7) is 2.72. The predicted molar refractivity (Wildman–Crippen MR) is 88.3 cm³/mol. The Kier molecular flexibility index (Phi) is 3.87. The Morgan fingerprint density at radius 1 is 1.14 bits per heavy atom. The van der Waals surface area contributed by atoms with E-state index in [1.807, 2.05) is 36.4 Å². The maximum Gasteiger partial charge on any atom is 0.161 e. The molecule has 1 aromatic heterocycles. The number of ether oxygens (including phenoxy) is 2. The van der Waals surface area contributed by atoms with Crippen molar-refractivity contribution in [3.05, 3.63) is 36.4 Å². The highest BCUT2D eigenvalue weighted by atomic mass is 16.5. The number of nitrogens with two attached hydrogens (primary N) is 1. The Balaban J connectivity index is 2.01. The fourth-order valence-electron chi connectivity index (χ4n) is 2.31. The number of anilines is 1. The van der Waals surface area contributed by atoms with Crippen LogP contribution in [0.5, 0.6) is 11.5 Å². The van der Waals surface area contributed by atoms with E-state index in [0.717, 1.165) is 40.3 Å². The standard InChI is InChI=1S/C17H19N3O2/c1-3-8-22-16-9-11(4-7-15(16)21-2)17-19-13-6-5-12(18)10-14(13)20-17/h4-7,9-10H,3,8,18H2,1-2H3,(H,19,20). The van der Waals surface area contributed by atoms with Crippen LogP contribution in [0.3, 0.4) is 0 Å². The Morgan fingerprint density at radius 2 is 2.00 bits per heavy atom. The minimum atomic E-state index is 0.649. The molecule has 22 heavy (non-hydrogen) atoms. The van der Waals surface area contributed by atoms with Crippen molar-refractivity contribution in [3.63, 3.8) is 0 Å². The highest BCUT2D eigenvalue weighted by molar-refractivity contribution is 5.82. The third kappa shape index (κ3) is 2.70. The van der Waals surface area contributed by atoms with Crippen LogP contribution in [0.25, 0.3) is 22.4 Å². The normalized spacial score (nSPS) is 10.8. The van der Waals surface area contributed by atoms with E-state index in [1.54, 1.807) is 7.11 Å². The summed E-state index contributed by atoms with van der Waals surface area (Å²) >= 11 is 0. The predicted octanol–water partition coefficient (Wildman–Crippen LogP) is 3.61. The Labute approximate surface area is 129 Å². The zero-order chi connectivity index (χ0) is 15.5. The van der Waals surface area contributed by atoms with Crippen molar-refractivity contribution >= 4 is 16.7 Å². The first-order chi connectivity index (χ1) is 10.7. The van der Waals surface area contributed by atoms with Crippen molar-refractivity contribution < 1.29 is 9.47 Å². The van der Waals surface area contributed by atoms with Crippen LogP contribution in [0, 0.1) is 0 Å². The van der Waals surface area contributed by atoms with Gasteiger partial charge in [-0.1, -0.05) is 6.92 Å². The molecule has 114 valence electrons. The Bertz CT molecular complexity index is 796. The van der Waals surface area contributed by atoms with Gasteiger partial charge in [-0.15, -0.1) is 0 Å². The molecule has 0 unspecified atom stereocenters. The van der Waals surface area contributed by atoms with E-state index in [9.17, 15) is 0 Å². The molecule has 0 atom stereocenters. The molecule has 5 heteroatoms. The lowest BCUT2D eigenvalue weighted by atomic mass is 10.2. The second-order valence-electron chi connectivity index (χ2n) is 5.08. The number of aromatic amines is 1. The third-order valence-corrected chi connectivity index (χ3v) is 3.40. The molecule has 0 fully saturated rings. The zero-order valence-corrected chi connectivity index (χ0v) is 12.7. The van der Waals surface area contributed by atoms with Crippen LogP contribution in [0.1, 0.15) is 13.3 Å². The Hall–Kier alpha value is -2.69. The number of rotatable bonds is 5. The number of hydrogen-bond donors (Lipinski definition) is 2. The number of nitrogen functional groups attached to an aromatic ring is 1. The molecule has 0 aliphatic carbocycles. The first-order valence-corrected chi connectivity index (χ1v) is 7.27. The monoisotopic (exact) mass is 297 g/mol. The lowest BCUT2D eigenvalue weighted by molar-refractivity contribution is 0.294. The first-order valence-electron chi connectivity index (χ1n) is 7.27. The fourth-order valence-corrected chi connectivity index (χ4v) is 2.31. The molecule has 5 nitrogen and oxygen atoms in total. The van der Waals surface area contributed by atoms with E-state index in [4.69, 9.17) is 15.2 Å². The molecule has 0 spiro atoms. The molecule has 3 rings (SSSR count). The van der Waals surface area contributed by atoms with Crippen LogP contribution in [-0.4, -0.2) is 23.7 Å². The quantitative estimate of drug-likeness (QED) is 0.706. The zero-order valence-electron chi connectivity index (χ0n) is 12.7. The van der Waals surface area contributed by atoms with E-state index in [0.29, 0.717) is 12.3 Å². The molecule has 0 amide bonds. The first kappa shape index (κ1) is 14.3. The fraction of sp³-hybridized carbons (Fsp3) is 0.235. The van der Waals surface area contributed by atoms with Gasteiger partial charge in [-0.3, -0.25) is 0 Å². The van der Waals surface area contributed by atoms with Gasteiger partial charge < -0.3 is 20.2 Å². The molecular weight excluding hydrogens is 278 g/mol. The lowest BCUT2D eigenvalue weighted by Crippen LogP contribution is -1.98. The third-order valence-electron chi connectivity index (χ3n) is 3.40. The largest absolute Gasteiger partial charge is 0.493 e. The molecule has 3 aromatic rings. The molecule has 0 aliphatic rings. The number of nitrogens with zero attached hydrogens (tertiary/aromatic N) is 1. The van der Waals surface area contributed by atoms with Crippen LogP contribution in [-0.2, 0) is 0 Å². The van der Waals surface area contributed by atoms with Gasteiger partial charge in [0.05, 0.1) is 24.8 Å². The van der Waals surface area contributed by atoms with Crippen LogP contribution in [0.15, 0.2) is 36.4 Å². The Morgan fingerprint density at radius 3 is 2.77 bits per heavy atom. The van der Waals surface area contributed by atoms with Crippen molar-refractivity contribution in [3.8, 4) is 22.9 Å². The highest BCUT2D eigenvalue weighted by Gasteiger charge is 2.10. The number of benzene rings is 2. The number of H-pyrrole nitrogens is 1. The summed E-state index contributed by atoms with van der Waals surface area (Å²) in [6.07, 6.45) is 0.942. The summed E-state index contributed by atoms with van der Waals surface area (Å²) in [7, 11) is 1.64. The number of aromatic nitrogens is 2. The second kappa shape index (κ2) is 5.97. The number of fused-ring (bicyclic) bond motifs is 1. The molecule has 0 saturated heterocycles. The van der Waals surface area contributed by atoms with E-state index in [2.05, 4.69) is 16.9 Å². The van der Waals surface area contributed by atoms with Gasteiger partial charge in [0.15, 0.2) is 11.5 Å². The van der Waals surface area contributed by atoms with Gasteiger partial charge in [0.25, 0.3) is 0 Å². The number of imidazole rings is 1. The van der Waals surface area contributed by atoms with E-state index < -0.39 is 0 Å². The van der Waals surface area contributed by atoms with Crippen LogP contribution < -0.4 is 15.2 Å². The summed E-state index contributed by atoms with van der Waals surface area (Å²) in [4.78, 5) is 7.88. The van der Waals surface area contributed by atoms with Gasteiger partial charge in [0.2, 0.25) is 0 Å². The van der Waals surface area contributed by atoms with Crippen LogP contribution in [0.2, 0.25) is 0 Å². The van der Waals surface area contributed by atoms with Gasteiger partial charge >= 0.3 is 0 Å². The van der Waals surface area contributed by atoms with Gasteiger partial charge in [-0.2, -0.15) is 0 Å². The van der Waals surface area contributed by atoms with Crippen LogP contribution in [0.4, 0.5) is 5.69 Å². The van der Waals surface area contributed by atoms with Crippen molar-refractivity contribution in [2.24, 2.45) is 0 Å². The second-order valence-corrected chi connectivity index (χ2v) is 5.08. The van der Waals surface area contributed by atoms with E-state index >= 15 is 0 Å². The van der Waals surface area contributed by atoms with Gasteiger partial charge in [0.1, 0.15) is 5.82 Å². The minimum Gasteiger partial charge on any atom is -0.493 e. The summed E-state index contributed by atoms with van der Waals surface area (Å²) in [5.74, 6) is 2.23. The van der Waals surface area contributed by atoms with Crippen molar-refractivity contribution in [2.75, 3.05) is 19.5 Å². The van der Waals surface area contributed by atoms with E-state index in [-0.39, 0.29) is 0 Å². The molecule has 0 saturated carbocycles. The van der Waals surface area contributed by atoms with Crippen molar-refractivity contribution in [2.45, 2.75) is 13.3 Å². The topological polar surface area (TPSA) is 73.2 Å². The molecule has 1 heterocycles. The van der Waals surface area contributed by atoms with E-state index in [1.165, 1.54) is 0 Å². The summed E-state index contributed by atoms with van der Waals surface area (Å²) < 4.78 is 11.1. The van der Waals surface area contributed by atoms with Gasteiger partial charge in [-0.05, 0) is 42.8 Å². The molecule has 2 aromatic carbocycles. The summed E-state index contributed by atoms with van der Waals surface area (Å²) in [6, 6.07) is 11.4. The SMILES string of the molecule is CCCOc1cc(-c2nc3ccc(N)cc3[nH]2)ccc1OC. The smallest absolute Gasteiger partial charge is 0.161 e. The van der Waals surface area contributed by atoms with Crippen LogP contribution >= 0.6 is 0 Å². The minimum absolute atomic E-state index is 0.649. The lowest BCUT2D eigenvalue weighted by Gasteiger charge is -2.11. The number of nitrogens with one attached hydrogen (secondary N) is 1. The molecular formula is C17H19N3O2. The summed E-state index contributed by atoms with van der Waals surface area (Å²) in [5, 5.41) is 0. The number of methoxy groups -OCH3 is 1. The highest BCUT2D eigenvalue weighted by Crippen LogP contribution is 2.32. The maximum absolute atomic E-state index is 5.80. The van der Waals surface area contributed by atoms with Gasteiger partial charge in [0, 0.05) is 11.3 Å². The molecule has 0 radical (unpaired) electrons. The molecule has 0 bridgehead atoms. The molecule has 0 aliphatic heterocycles. The molecule has 3 N–H and O–H groups in total. The number of hydrogen-bond acceptors (Lipinski definition) is 4. The summed E-state index contributed by atoms with van der Waals surface area (Å²) in [5.41, 5.74) is 9.27. The average molecular weight is 297 g/mol. The average Bonchev–Trinajstić information content (AvgIpc) is 2.95. The van der Waals surface area contributed by atoms with Gasteiger partial charge in [-0.25, -0.2) is 4.98 Å². The maximum atomic E-state index is 5.80. The van der Waals surface area contributed by atoms with Crippen molar-refractivity contribution in [1.29, 1.82) is 0 Å².